The van der Waals surface area contributed by atoms with Gasteiger partial charge in [0.15, 0.2) is 5.13 Å². The zero-order chi connectivity index (χ0) is 13.3. The third-order valence-electron chi connectivity index (χ3n) is 3.30. The summed E-state index contributed by atoms with van der Waals surface area (Å²) >= 11 is 1.80. The Morgan fingerprint density at radius 2 is 2.00 bits per heavy atom. The molecule has 1 saturated carbocycles. The lowest BCUT2D eigenvalue weighted by atomic mass is 10.2. The van der Waals surface area contributed by atoms with Gasteiger partial charge in [-0.2, -0.15) is 0 Å². The minimum absolute atomic E-state index is 0.497. The predicted molar refractivity (Wildman–Crippen MR) is 79.3 cm³/mol. The molecule has 0 saturated heterocycles. The van der Waals surface area contributed by atoms with Gasteiger partial charge >= 0.3 is 0 Å². The van der Waals surface area contributed by atoms with Gasteiger partial charge in [0, 0.05) is 29.9 Å². The standard InChI is InChI=1S/C14H25N3S/c1-9(2)8-17(10(3)4)14-16-13(11-5-6-11)12(7-15)18-14/h9-11H,5-8,15H2,1-4H3. The molecule has 0 amide bonds. The van der Waals surface area contributed by atoms with E-state index in [-0.39, 0.29) is 0 Å². The molecule has 18 heavy (non-hydrogen) atoms. The number of nitrogens with two attached hydrogens (primary N) is 1. The summed E-state index contributed by atoms with van der Waals surface area (Å²) in [5.41, 5.74) is 7.14. The molecule has 2 rings (SSSR count). The van der Waals surface area contributed by atoms with Crippen LogP contribution in [-0.2, 0) is 6.54 Å². The van der Waals surface area contributed by atoms with Crippen LogP contribution in [0.1, 0.15) is 57.0 Å². The molecule has 4 heteroatoms. The molecule has 1 aromatic rings. The minimum atomic E-state index is 0.497. The highest BCUT2D eigenvalue weighted by Gasteiger charge is 2.30. The highest BCUT2D eigenvalue weighted by atomic mass is 32.1. The van der Waals surface area contributed by atoms with Crippen molar-refractivity contribution in [2.75, 3.05) is 11.4 Å². The number of aromatic nitrogens is 1. The van der Waals surface area contributed by atoms with Crippen LogP contribution in [0.25, 0.3) is 0 Å². The van der Waals surface area contributed by atoms with Gasteiger partial charge in [0.1, 0.15) is 0 Å². The number of rotatable bonds is 6. The summed E-state index contributed by atoms with van der Waals surface area (Å²) in [6.07, 6.45) is 2.59. The Morgan fingerprint density at radius 1 is 1.33 bits per heavy atom. The minimum Gasteiger partial charge on any atom is -0.345 e. The van der Waals surface area contributed by atoms with Gasteiger partial charge in [-0.3, -0.25) is 0 Å². The van der Waals surface area contributed by atoms with Gasteiger partial charge in [-0.15, -0.1) is 11.3 Å². The van der Waals surface area contributed by atoms with Crippen LogP contribution in [0.3, 0.4) is 0 Å². The lowest BCUT2D eigenvalue weighted by Crippen LogP contribution is -2.34. The van der Waals surface area contributed by atoms with Crippen molar-refractivity contribution in [1.82, 2.24) is 4.98 Å². The summed E-state index contributed by atoms with van der Waals surface area (Å²) < 4.78 is 0. The fourth-order valence-electron chi connectivity index (χ4n) is 2.20. The van der Waals surface area contributed by atoms with Crippen LogP contribution in [0.4, 0.5) is 5.13 Å². The van der Waals surface area contributed by atoms with Crippen molar-refractivity contribution in [2.24, 2.45) is 11.7 Å². The van der Waals surface area contributed by atoms with Crippen molar-refractivity contribution in [3.8, 4) is 0 Å². The van der Waals surface area contributed by atoms with Gasteiger partial charge in [0.25, 0.3) is 0 Å². The van der Waals surface area contributed by atoms with E-state index in [1.807, 2.05) is 0 Å². The Hall–Kier alpha value is -0.610. The van der Waals surface area contributed by atoms with Crippen LogP contribution in [0.15, 0.2) is 0 Å². The van der Waals surface area contributed by atoms with E-state index >= 15 is 0 Å². The predicted octanol–water partition coefficient (Wildman–Crippen LogP) is 3.35. The second-order valence-electron chi connectivity index (χ2n) is 5.92. The van der Waals surface area contributed by atoms with Crippen molar-refractivity contribution < 1.29 is 0 Å². The summed E-state index contributed by atoms with van der Waals surface area (Å²) in [6.45, 7) is 10.7. The SMILES string of the molecule is CC(C)CN(c1nc(C2CC2)c(CN)s1)C(C)C. The van der Waals surface area contributed by atoms with E-state index in [2.05, 4.69) is 32.6 Å². The van der Waals surface area contributed by atoms with Crippen LogP contribution in [-0.4, -0.2) is 17.6 Å². The van der Waals surface area contributed by atoms with E-state index < -0.39 is 0 Å². The van der Waals surface area contributed by atoms with E-state index in [4.69, 9.17) is 10.7 Å². The molecule has 0 unspecified atom stereocenters. The first-order valence-electron chi connectivity index (χ1n) is 6.99. The second kappa shape index (κ2) is 5.57. The number of hydrogen-bond acceptors (Lipinski definition) is 4. The van der Waals surface area contributed by atoms with Crippen LogP contribution < -0.4 is 10.6 Å². The maximum atomic E-state index is 5.86. The molecular formula is C14H25N3S. The maximum Gasteiger partial charge on any atom is 0.186 e. The molecule has 0 bridgehead atoms. The highest BCUT2D eigenvalue weighted by Crippen LogP contribution is 2.44. The Balaban J connectivity index is 2.23. The monoisotopic (exact) mass is 267 g/mol. The quantitative estimate of drug-likeness (QED) is 0.859. The van der Waals surface area contributed by atoms with Crippen molar-refractivity contribution in [2.45, 2.75) is 59.0 Å². The zero-order valence-corrected chi connectivity index (χ0v) is 12.8. The summed E-state index contributed by atoms with van der Waals surface area (Å²) in [5, 5.41) is 1.17. The molecule has 0 radical (unpaired) electrons. The zero-order valence-electron chi connectivity index (χ0n) is 11.9. The first-order valence-corrected chi connectivity index (χ1v) is 7.80. The van der Waals surface area contributed by atoms with Crippen LogP contribution in [0.2, 0.25) is 0 Å². The average Bonchev–Trinajstić information content (AvgIpc) is 3.05. The fraction of sp³-hybridized carbons (Fsp3) is 0.786. The van der Waals surface area contributed by atoms with Gasteiger partial charge in [-0.25, -0.2) is 4.98 Å². The molecule has 3 nitrogen and oxygen atoms in total. The second-order valence-corrected chi connectivity index (χ2v) is 6.99. The molecule has 1 heterocycles. The lowest BCUT2D eigenvalue weighted by molar-refractivity contribution is 0.569. The number of anilines is 1. The molecule has 1 fully saturated rings. The van der Waals surface area contributed by atoms with Crippen molar-refractivity contribution in [3.05, 3.63) is 10.6 Å². The smallest absolute Gasteiger partial charge is 0.186 e. The largest absolute Gasteiger partial charge is 0.345 e. The molecule has 0 aliphatic heterocycles. The fourth-order valence-corrected chi connectivity index (χ4v) is 3.37. The number of thiazole rings is 1. The normalized spacial score (nSPS) is 15.7. The summed E-state index contributed by atoms with van der Waals surface area (Å²) in [5.74, 6) is 1.35. The van der Waals surface area contributed by atoms with Crippen molar-refractivity contribution in [3.63, 3.8) is 0 Å². The third kappa shape index (κ3) is 3.04. The number of nitrogens with zero attached hydrogens (tertiary/aromatic N) is 2. The first kappa shape index (κ1) is 13.8. The Morgan fingerprint density at radius 3 is 2.44 bits per heavy atom. The molecule has 1 aromatic heterocycles. The molecule has 0 aromatic carbocycles. The Bertz CT molecular complexity index is 394. The van der Waals surface area contributed by atoms with Crippen LogP contribution in [0.5, 0.6) is 0 Å². The molecule has 102 valence electrons. The van der Waals surface area contributed by atoms with E-state index in [9.17, 15) is 0 Å². The third-order valence-corrected chi connectivity index (χ3v) is 4.43. The highest BCUT2D eigenvalue weighted by molar-refractivity contribution is 7.15. The van der Waals surface area contributed by atoms with Crippen LogP contribution >= 0.6 is 11.3 Å². The topological polar surface area (TPSA) is 42.2 Å². The lowest BCUT2D eigenvalue weighted by Gasteiger charge is -2.27. The molecular weight excluding hydrogens is 242 g/mol. The Kier molecular flexibility index (Phi) is 4.28. The Labute approximate surface area is 114 Å². The first-order chi connectivity index (χ1) is 8.52. The van der Waals surface area contributed by atoms with E-state index in [0.717, 1.165) is 6.54 Å². The molecule has 1 aliphatic rings. The van der Waals surface area contributed by atoms with Gasteiger partial charge in [-0.1, -0.05) is 13.8 Å². The number of hydrogen-bond donors (Lipinski definition) is 1. The average molecular weight is 267 g/mol. The van der Waals surface area contributed by atoms with Crippen molar-refractivity contribution in [1.29, 1.82) is 0 Å². The van der Waals surface area contributed by atoms with Gasteiger partial charge < -0.3 is 10.6 Å². The summed E-state index contributed by atoms with van der Waals surface area (Å²) in [4.78, 5) is 8.59. The molecule has 0 spiro atoms. The van der Waals surface area contributed by atoms with Gasteiger partial charge in [-0.05, 0) is 32.6 Å². The molecule has 2 N–H and O–H groups in total. The van der Waals surface area contributed by atoms with E-state index in [1.54, 1.807) is 11.3 Å². The summed E-state index contributed by atoms with van der Waals surface area (Å²) in [6, 6.07) is 0.497. The molecule has 0 atom stereocenters. The van der Waals surface area contributed by atoms with Crippen molar-refractivity contribution >= 4 is 16.5 Å². The van der Waals surface area contributed by atoms with E-state index in [1.165, 1.54) is 28.5 Å². The van der Waals surface area contributed by atoms with Gasteiger partial charge in [0.05, 0.1) is 5.69 Å². The summed E-state index contributed by atoms with van der Waals surface area (Å²) in [7, 11) is 0. The van der Waals surface area contributed by atoms with Gasteiger partial charge in [0.2, 0.25) is 0 Å². The molecule has 1 aliphatic carbocycles. The van der Waals surface area contributed by atoms with E-state index in [0.29, 0.717) is 24.4 Å². The van der Waals surface area contributed by atoms with Crippen LogP contribution in [0, 0.1) is 5.92 Å². The maximum absolute atomic E-state index is 5.86.